The SMILES string of the molecule is Cc1ccc(-c2cnc3c(c2)CN(c2nnccc2C)CC3)cn1. The van der Waals surface area contributed by atoms with Crippen LogP contribution in [0.3, 0.4) is 0 Å². The van der Waals surface area contributed by atoms with Gasteiger partial charge in [0.2, 0.25) is 0 Å². The molecule has 0 bridgehead atoms. The molecular formula is C19H19N5. The second-order valence-electron chi connectivity index (χ2n) is 6.23. The van der Waals surface area contributed by atoms with Crippen molar-refractivity contribution in [3.63, 3.8) is 0 Å². The Balaban J connectivity index is 1.66. The standard InChI is InChI=1S/C19H19N5/c1-13-5-7-22-23-19(13)24-8-6-18-17(12-24)9-16(11-21-18)15-4-3-14(2)20-10-15/h3-5,7,9-11H,6,8,12H2,1-2H3. The van der Waals surface area contributed by atoms with Crippen molar-refractivity contribution in [1.29, 1.82) is 0 Å². The first kappa shape index (κ1) is 14.8. The molecule has 0 fully saturated rings. The van der Waals surface area contributed by atoms with E-state index < -0.39 is 0 Å². The number of anilines is 1. The maximum atomic E-state index is 4.68. The van der Waals surface area contributed by atoms with Gasteiger partial charge < -0.3 is 4.90 Å². The molecule has 5 heteroatoms. The van der Waals surface area contributed by atoms with Crippen LogP contribution in [0.5, 0.6) is 0 Å². The van der Waals surface area contributed by atoms with E-state index in [-0.39, 0.29) is 0 Å². The second kappa shape index (κ2) is 6.00. The molecule has 0 radical (unpaired) electrons. The minimum absolute atomic E-state index is 0.814. The lowest BCUT2D eigenvalue weighted by Gasteiger charge is -2.30. The van der Waals surface area contributed by atoms with Crippen LogP contribution in [-0.4, -0.2) is 26.7 Å². The van der Waals surface area contributed by atoms with Crippen molar-refractivity contribution in [3.05, 3.63) is 65.4 Å². The highest BCUT2D eigenvalue weighted by molar-refractivity contribution is 5.63. The smallest absolute Gasteiger partial charge is 0.154 e. The Morgan fingerprint density at radius 2 is 1.88 bits per heavy atom. The summed E-state index contributed by atoms with van der Waals surface area (Å²) in [6.07, 6.45) is 6.53. The average molecular weight is 317 g/mol. The van der Waals surface area contributed by atoms with Crippen molar-refractivity contribution in [1.82, 2.24) is 20.2 Å². The van der Waals surface area contributed by atoms with Crippen molar-refractivity contribution in [2.45, 2.75) is 26.8 Å². The number of aryl methyl sites for hydroxylation is 2. The van der Waals surface area contributed by atoms with Crippen LogP contribution in [0.25, 0.3) is 11.1 Å². The Labute approximate surface area is 141 Å². The molecule has 24 heavy (non-hydrogen) atoms. The van der Waals surface area contributed by atoms with E-state index in [1.54, 1.807) is 6.20 Å². The van der Waals surface area contributed by atoms with Gasteiger partial charge in [0.1, 0.15) is 0 Å². The van der Waals surface area contributed by atoms with Gasteiger partial charge in [0.25, 0.3) is 0 Å². The van der Waals surface area contributed by atoms with Crippen molar-refractivity contribution in [2.75, 3.05) is 11.4 Å². The first-order valence-corrected chi connectivity index (χ1v) is 8.15. The average Bonchev–Trinajstić information content (AvgIpc) is 2.62. The van der Waals surface area contributed by atoms with Crippen LogP contribution in [0.4, 0.5) is 5.82 Å². The fourth-order valence-corrected chi connectivity index (χ4v) is 3.10. The van der Waals surface area contributed by atoms with Crippen molar-refractivity contribution < 1.29 is 0 Å². The highest BCUT2D eigenvalue weighted by Gasteiger charge is 2.20. The molecule has 1 aliphatic rings. The van der Waals surface area contributed by atoms with E-state index in [9.17, 15) is 0 Å². The minimum Gasteiger partial charge on any atom is -0.350 e. The van der Waals surface area contributed by atoms with E-state index >= 15 is 0 Å². The molecule has 0 spiro atoms. The van der Waals surface area contributed by atoms with Crippen LogP contribution in [0.15, 0.2) is 42.9 Å². The molecule has 0 aliphatic carbocycles. The number of pyridine rings is 2. The Hall–Kier alpha value is -2.82. The zero-order valence-corrected chi connectivity index (χ0v) is 13.9. The molecule has 1 aliphatic heterocycles. The van der Waals surface area contributed by atoms with E-state index in [0.29, 0.717) is 0 Å². The van der Waals surface area contributed by atoms with Crippen molar-refractivity contribution in [3.8, 4) is 11.1 Å². The molecule has 0 atom stereocenters. The van der Waals surface area contributed by atoms with Gasteiger partial charge in [0.15, 0.2) is 5.82 Å². The molecular weight excluding hydrogens is 298 g/mol. The molecule has 0 aromatic carbocycles. The molecule has 0 unspecified atom stereocenters. The summed E-state index contributed by atoms with van der Waals surface area (Å²) in [5, 5.41) is 8.35. The fourth-order valence-electron chi connectivity index (χ4n) is 3.10. The summed E-state index contributed by atoms with van der Waals surface area (Å²) in [4.78, 5) is 11.3. The lowest BCUT2D eigenvalue weighted by molar-refractivity contribution is 0.693. The Kier molecular flexibility index (Phi) is 3.69. The number of aromatic nitrogens is 4. The van der Waals surface area contributed by atoms with Crippen LogP contribution >= 0.6 is 0 Å². The van der Waals surface area contributed by atoms with Crippen LogP contribution < -0.4 is 4.90 Å². The summed E-state index contributed by atoms with van der Waals surface area (Å²) >= 11 is 0. The summed E-state index contributed by atoms with van der Waals surface area (Å²) in [5.74, 6) is 0.963. The summed E-state index contributed by atoms with van der Waals surface area (Å²) < 4.78 is 0. The van der Waals surface area contributed by atoms with E-state index in [1.165, 1.54) is 11.3 Å². The zero-order chi connectivity index (χ0) is 16.5. The lowest BCUT2D eigenvalue weighted by atomic mass is 10.0. The molecule has 3 aromatic heterocycles. The van der Waals surface area contributed by atoms with Gasteiger partial charge in [-0.15, -0.1) is 5.10 Å². The normalized spacial score (nSPS) is 13.7. The summed E-state index contributed by atoms with van der Waals surface area (Å²) in [6, 6.07) is 8.36. The third-order valence-electron chi connectivity index (χ3n) is 4.48. The maximum Gasteiger partial charge on any atom is 0.154 e. The quantitative estimate of drug-likeness (QED) is 0.727. The largest absolute Gasteiger partial charge is 0.350 e. The monoisotopic (exact) mass is 317 g/mol. The van der Waals surface area contributed by atoms with Gasteiger partial charge >= 0.3 is 0 Å². The van der Waals surface area contributed by atoms with Gasteiger partial charge in [-0.3, -0.25) is 9.97 Å². The van der Waals surface area contributed by atoms with Crippen LogP contribution in [0.2, 0.25) is 0 Å². The Morgan fingerprint density at radius 3 is 2.67 bits per heavy atom. The van der Waals surface area contributed by atoms with Crippen LogP contribution in [0.1, 0.15) is 22.5 Å². The molecule has 3 aromatic rings. The van der Waals surface area contributed by atoms with Crippen molar-refractivity contribution >= 4 is 5.82 Å². The number of fused-ring (bicyclic) bond motifs is 1. The molecule has 0 amide bonds. The highest BCUT2D eigenvalue weighted by atomic mass is 15.3. The molecule has 0 saturated carbocycles. The Morgan fingerprint density at radius 1 is 1.00 bits per heavy atom. The first-order valence-electron chi connectivity index (χ1n) is 8.15. The van der Waals surface area contributed by atoms with Gasteiger partial charge in [-0.1, -0.05) is 6.07 Å². The van der Waals surface area contributed by atoms with E-state index in [4.69, 9.17) is 0 Å². The number of rotatable bonds is 2. The minimum atomic E-state index is 0.814. The van der Waals surface area contributed by atoms with Gasteiger partial charge in [-0.25, -0.2) is 0 Å². The molecule has 4 heterocycles. The van der Waals surface area contributed by atoms with Gasteiger partial charge in [0.05, 0.1) is 6.20 Å². The predicted octanol–water partition coefficient (Wildman–Crippen LogP) is 3.11. The zero-order valence-electron chi connectivity index (χ0n) is 13.9. The molecule has 0 N–H and O–H groups in total. The maximum absolute atomic E-state index is 4.68. The van der Waals surface area contributed by atoms with Crippen LogP contribution in [0, 0.1) is 13.8 Å². The van der Waals surface area contributed by atoms with E-state index in [2.05, 4.69) is 44.1 Å². The summed E-state index contributed by atoms with van der Waals surface area (Å²) in [7, 11) is 0. The second-order valence-corrected chi connectivity index (χ2v) is 6.23. The van der Waals surface area contributed by atoms with Gasteiger partial charge in [0, 0.05) is 54.4 Å². The molecule has 4 rings (SSSR count). The number of hydrogen-bond acceptors (Lipinski definition) is 5. The van der Waals surface area contributed by atoms with E-state index in [1.807, 2.05) is 31.5 Å². The number of nitrogens with zero attached hydrogens (tertiary/aromatic N) is 5. The summed E-state index contributed by atoms with van der Waals surface area (Å²) in [6.45, 7) is 5.81. The molecule has 0 saturated heterocycles. The third kappa shape index (κ3) is 2.73. The third-order valence-corrected chi connectivity index (χ3v) is 4.48. The first-order chi connectivity index (χ1) is 11.7. The van der Waals surface area contributed by atoms with Gasteiger partial charge in [-0.05, 0) is 43.2 Å². The lowest BCUT2D eigenvalue weighted by Crippen LogP contribution is -2.32. The Bertz CT molecular complexity index is 873. The number of hydrogen-bond donors (Lipinski definition) is 0. The fraction of sp³-hybridized carbons (Fsp3) is 0.263. The van der Waals surface area contributed by atoms with Gasteiger partial charge in [-0.2, -0.15) is 5.10 Å². The van der Waals surface area contributed by atoms with E-state index in [0.717, 1.165) is 47.7 Å². The predicted molar refractivity (Wildman–Crippen MR) is 93.7 cm³/mol. The molecule has 120 valence electrons. The van der Waals surface area contributed by atoms with Crippen LogP contribution in [-0.2, 0) is 13.0 Å². The highest BCUT2D eigenvalue weighted by Crippen LogP contribution is 2.27. The van der Waals surface area contributed by atoms with Crippen molar-refractivity contribution in [2.24, 2.45) is 0 Å². The topological polar surface area (TPSA) is 54.8 Å². The summed E-state index contributed by atoms with van der Waals surface area (Å²) in [5.41, 5.74) is 6.82. The molecule has 5 nitrogen and oxygen atoms in total.